The molecule has 19 heavy (non-hydrogen) atoms. The molecular weight excluding hydrogens is 240 g/mol. The van der Waals surface area contributed by atoms with Crippen molar-refractivity contribution in [3.63, 3.8) is 0 Å². The molecule has 0 saturated carbocycles. The minimum Gasteiger partial charge on any atom is -0.399 e. The predicted octanol–water partition coefficient (Wildman–Crippen LogP) is 1.89. The average Bonchev–Trinajstić information content (AvgIpc) is 2.68. The predicted molar refractivity (Wildman–Crippen MR) is 77.5 cm³/mol. The lowest BCUT2D eigenvalue weighted by Crippen LogP contribution is -2.28. The van der Waals surface area contributed by atoms with E-state index in [-0.39, 0.29) is 5.56 Å². The number of nitrogens with two attached hydrogens (primary N) is 1. The first-order valence-electron chi connectivity index (χ1n) is 6.78. The average molecular weight is 258 g/mol. The van der Waals surface area contributed by atoms with Crippen LogP contribution in [0.1, 0.15) is 25.7 Å². The highest BCUT2D eigenvalue weighted by Gasteiger charge is 2.13. The number of nitrogens with zero attached hydrogens (tertiary/aromatic N) is 2. The third kappa shape index (κ3) is 2.41. The molecule has 3 rings (SSSR count). The van der Waals surface area contributed by atoms with Crippen LogP contribution in [0.5, 0.6) is 0 Å². The van der Waals surface area contributed by atoms with Crippen molar-refractivity contribution < 1.29 is 0 Å². The highest BCUT2D eigenvalue weighted by atomic mass is 16.1. The number of hydrogen-bond donors (Lipinski definition) is 2. The van der Waals surface area contributed by atoms with Gasteiger partial charge >= 0.3 is 0 Å². The molecular formula is C14H18N4O. The maximum atomic E-state index is 12.1. The molecule has 0 radical (unpaired) electrons. The molecule has 3 N–H and O–H groups in total. The molecule has 0 bridgehead atoms. The molecule has 2 aromatic rings. The van der Waals surface area contributed by atoms with Crippen LogP contribution in [0.15, 0.2) is 23.0 Å². The number of benzene rings is 1. The highest BCUT2D eigenvalue weighted by Crippen LogP contribution is 2.18. The van der Waals surface area contributed by atoms with E-state index in [0.29, 0.717) is 22.5 Å². The van der Waals surface area contributed by atoms with Crippen molar-refractivity contribution in [3.8, 4) is 0 Å². The number of nitrogens with one attached hydrogen (secondary N) is 1. The number of anilines is 2. The van der Waals surface area contributed by atoms with Gasteiger partial charge < -0.3 is 10.6 Å². The van der Waals surface area contributed by atoms with Crippen LogP contribution in [0.4, 0.5) is 11.6 Å². The van der Waals surface area contributed by atoms with Gasteiger partial charge in [0.25, 0.3) is 5.56 Å². The van der Waals surface area contributed by atoms with Crippen molar-refractivity contribution in [1.29, 1.82) is 0 Å². The van der Waals surface area contributed by atoms with E-state index in [2.05, 4.69) is 14.9 Å². The quantitative estimate of drug-likeness (QED) is 0.766. The molecule has 5 heteroatoms. The zero-order valence-electron chi connectivity index (χ0n) is 10.9. The van der Waals surface area contributed by atoms with Gasteiger partial charge in [-0.05, 0) is 31.0 Å². The summed E-state index contributed by atoms with van der Waals surface area (Å²) >= 11 is 0. The van der Waals surface area contributed by atoms with E-state index >= 15 is 0 Å². The molecule has 0 amide bonds. The number of hydrogen-bond acceptors (Lipinski definition) is 4. The van der Waals surface area contributed by atoms with Crippen molar-refractivity contribution in [2.24, 2.45) is 0 Å². The Morgan fingerprint density at radius 2 is 1.89 bits per heavy atom. The number of aromatic amines is 1. The van der Waals surface area contributed by atoms with Gasteiger partial charge in [-0.2, -0.15) is 0 Å². The zero-order valence-corrected chi connectivity index (χ0v) is 10.9. The number of rotatable bonds is 1. The van der Waals surface area contributed by atoms with Crippen LogP contribution in [-0.2, 0) is 0 Å². The van der Waals surface area contributed by atoms with Gasteiger partial charge in [0, 0.05) is 18.8 Å². The summed E-state index contributed by atoms with van der Waals surface area (Å²) in [7, 11) is 0. The molecule has 100 valence electrons. The standard InChI is InChI=1S/C14H18N4O/c15-10-5-6-12-11(9-10)13(19)17-14(16-12)18-7-3-1-2-4-8-18/h5-6,9H,1-4,7-8,15H2,(H,16,17,19). The van der Waals surface area contributed by atoms with Crippen molar-refractivity contribution in [1.82, 2.24) is 9.97 Å². The minimum absolute atomic E-state index is 0.114. The van der Waals surface area contributed by atoms with Crippen molar-refractivity contribution in [2.45, 2.75) is 25.7 Å². The van der Waals surface area contributed by atoms with Crippen LogP contribution >= 0.6 is 0 Å². The lowest BCUT2D eigenvalue weighted by atomic mass is 10.2. The monoisotopic (exact) mass is 258 g/mol. The first-order chi connectivity index (χ1) is 9.24. The maximum absolute atomic E-state index is 12.1. The fourth-order valence-corrected chi connectivity index (χ4v) is 2.58. The van der Waals surface area contributed by atoms with Gasteiger partial charge in [-0.3, -0.25) is 9.78 Å². The zero-order chi connectivity index (χ0) is 13.2. The molecule has 0 spiro atoms. The molecule has 0 aliphatic carbocycles. The molecule has 1 aliphatic rings. The summed E-state index contributed by atoms with van der Waals surface area (Å²) in [5, 5.41) is 0.554. The second kappa shape index (κ2) is 4.91. The molecule has 1 saturated heterocycles. The summed E-state index contributed by atoms with van der Waals surface area (Å²) in [6, 6.07) is 5.26. The van der Waals surface area contributed by atoms with E-state index in [1.807, 2.05) is 0 Å². The van der Waals surface area contributed by atoms with Crippen molar-refractivity contribution in [3.05, 3.63) is 28.6 Å². The molecule has 1 aliphatic heterocycles. The van der Waals surface area contributed by atoms with Crippen LogP contribution in [0.3, 0.4) is 0 Å². The Labute approximate surface area is 111 Å². The van der Waals surface area contributed by atoms with E-state index in [0.717, 1.165) is 25.9 Å². The Balaban J connectivity index is 2.05. The SMILES string of the molecule is Nc1ccc2nc(N3CCCCCC3)[nH]c(=O)c2c1. The summed E-state index contributed by atoms with van der Waals surface area (Å²) in [4.78, 5) is 21.7. The Hall–Kier alpha value is -2.04. The summed E-state index contributed by atoms with van der Waals surface area (Å²) in [6.45, 7) is 1.92. The maximum Gasteiger partial charge on any atom is 0.260 e. The third-order valence-electron chi connectivity index (χ3n) is 3.62. The van der Waals surface area contributed by atoms with Gasteiger partial charge in [-0.15, -0.1) is 0 Å². The van der Waals surface area contributed by atoms with Gasteiger partial charge in [0.2, 0.25) is 5.95 Å². The van der Waals surface area contributed by atoms with Crippen LogP contribution in [-0.4, -0.2) is 23.1 Å². The molecule has 5 nitrogen and oxygen atoms in total. The number of fused-ring (bicyclic) bond motifs is 1. The Kier molecular flexibility index (Phi) is 3.11. The molecule has 0 atom stereocenters. The third-order valence-corrected chi connectivity index (χ3v) is 3.62. The smallest absolute Gasteiger partial charge is 0.260 e. The van der Waals surface area contributed by atoms with Crippen molar-refractivity contribution in [2.75, 3.05) is 23.7 Å². The largest absolute Gasteiger partial charge is 0.399 e. The normalized spacial score (nSPS) is 16.5. The van der Waals surface area contributed by atoms with Gasteiger partial charge in [0.1, 0.15) is 0 Å². The fraction of sp³-hybridized carbons (Fsp3) is 0.429. The first-order valence-corrected chi connectivity index (χ1v) is 6.78. The lowest BCUT2D eigenvalue weighted by molar-refractivity contribution is 0.726. The summed E-state index contributed by atoms with van der Waals surface area (Å²) in [5.74, 6) is 0.684. The topological polar surface area (TPSA) is 75.0 Å². The molecule has 1 aromatic carbocycles. The van der Waals surface area contributed by atoms with Gasteiger partial charge in [-0.1, -0.05) is 12.8 Å². The molecule has 1 fully saturated rings. The van der Waals surface area contributed by atoms with Crippen LogP contribution in [0, 0.1) is 0 Å². The van der Waals surface area contributed by atoms with Gasteiger partial charge in [0.15, 0.2) is 0 Å². The van der Waals surface area contributed by atoms with Gasteiger partial charge in [-0.25, -0.2) is 4.98 Å². The van der Waals surface area contributed by atoms with E-state index in [1.165, 1.54) is 12.8 Å². The van der Waals surface area contributed by atoms with E-state index < -0.39 is 0 Å². The minimum atomic E-state index is -0.114. The van der Waals surface area contributed by atoms with E-state index in [4.69, 9.17) is 5.73 Å². The summed E-state index contributed by atoms with van der Waals surface area (Å²) in [6.07, 6.45) is 4.82. The Morgan fingerprint density at radius 3 is 2.63 bits per heavy atom. The molecule has 0 unspecified atom stereocenters. The van der Waals surface area contributed by atoms with Crippen LogP contribution < -0.4 is 16.2 Å². The molecule has 2 heterocycles. The number of nitrogen functional groups attached to an aromatic ring is 1. The van der Waals surface area contributed by atoms with E-state index in [1.54, 1.807) is 18.2 Å². The second-order valence-electron chi connectivity index (χ2n) is 5.07. The Bertz CT molecular complexity index is 641. The lowest BCUT2D eigenvalue weighted by Gasteiger charge is -2.20. The summed E-state index contributed by atoms with van der Waals surface area (Å²) < 4.78 is 0. The van der Waals surface area contributed by atoms with E-state index in [9.17, 15) is 4.79 Å². The highest BCUT2D eigenvalue weighted by molar-refractivity contribution is 5.81. The van der Waals surface area contributed by atoms with Gasteiger partial charge in [0.05, 0.1) is 10.9 Å². The Morgan fingerprint density at radius 1 is 1.16 bits per heavy atom. The second-order valence-corrected chi connectivity index (χ2v) is 5.07. The molecule has 1 aromatic heterocycles. The van der Waals surface area contributed by atoms with Crippen molar-refractivity contribution >= 4 is 22.5 Å². The summed E-state index contributed by atoms with van der Waals surface area (Å²) in [5.41, 5.74) is 6.88. The van der Waals surface area contributed by atoms with Crippen LogP contribution in [0.2, 0.25) is 0 Å². The first kappa shape index (κ1) is 12.0. The number of H-pyrrole nitrogens is 1. The van der Waals surface area contributed by atoms with Crippen LogP contribution in [0.25, 0.3) is 10.9 Å². The number of aromatic nitrogens is 2. The fourth-order valence-electron chi connectivity index (χ4n) is 2.58.